The lowest BCUT2D eigenvalue weighted by molar-refractivity contribution is 0.270. The van der Waals surface area contributed by atoms with E-state index in [9.17, 15) is 0 Å². The summed E-state index contributed by atoms with van der Waals surface area (Å²) in [7, 11) is 0. The Hall–Kier alpha value is -1.13. The highest BCUT2D eigenvalue weighted by Gasteiger charge is 2.23. The zero-order valence-corrected chi connectivity index (χ0v) is 8.42. The van der Waals surface area contributed by atoms with Gasteiger partial charge in [-0.1, -0.05) is 0 Å². The first-order chi connectivity index (χ1) is 6.90. The molecule has 2 aromatic heterocycles. The summed E-state index contributed by atoms with van der Waals surface area (Å²) in [6, 6.07) is 2.17. The first-order valence-electron chi connectivity index (χ1n) is 4.62. The molecule has 0 saturated carbocycles. The van der Waals surface area contributed by atoms with Gasteiger partial charge in [-0.15, -0.1) is 11.3 Å². The Morgan fingerprint density at radius 3 is 3.29 bits per heavy atom. The van der Waals surface area contributed by atoms with Gasteiger partial charge in [0.25, 0.3) is 0 Å². The average molecular weight is 206 g/mol. The SMILES string of the molecule is OCCn1ncc2c1-c1sccc1C2. The van der Waals surface area contributed by atoms with Crippen LogP contribution in [0, 0.1) is 0 Å². The molecule has 0 radical (unpaired) electrons. The Bertz CT molecular complexity index is 472. The van der Waals surface area contributed by atoms with E-state index in [1.807, 2.05) is 10.9 Å². The number of aliphatic hydroxyl groups excluding tert-OH is 1. The molecule has 1 aliphatic rings. The fraction of sp³-hybridized carbons (Fsp3) is 0.300. The molecule has 0 bridgehead atoms. The number of fused-ring (bicyclic) bond motifs is 3. The van der Waals surface area contributed by atoms with Crippen LogP contribution in [0.5, 0.6) is 0 Å². The van der Waals surface area contributed by atoms with Gasteiger partial charge < -0.3 is 5.11 Å². The van der Waals surface area contributed by atoms with Crippen molar-refractivity contribution in [2.75, 3.05) is 6.61 Å². The number of aliphatic hydroxyl groups is 1. The van der Waals surface area contributed by atoms with Gasteiger partial charge in [0.15, 0.2) is 0 Å². The van der Waals surface area contributed by atoms with Crippen LogP contribution in [0.3, 0.4) is 0 Å². The highest BCUT2D eigenvalue weighted by molar-refractivity contribution is 7.13. The van der Waals surface area contributed by atoms with Crippen molar-refractivity contribution in [1.29, 1.82) is 0 Å². The van der Waals surface area contributed by atoms with E-state index in [1.165, 1.54) is 21.7 Å². The Kier molecular flexibility index (Phi) is 1.72. The van der Waals surface area contributed by atoms with Gasteiger partial charge in [0.05, 0.1) is 29.9 Å². The van der Waals surface area contributed by atoms with Gasteiger partial charge in [-0.05, 0) is 17.0 Å². The molecule has 0 unspecified atom stereocenters. The van der Waals surface area contributed by atoms with E-state index < -0.39 is 0 Å². The molecule has 3 nitrogen and oxygen atoms in total. The van der Waals surface area contributed by atoms with Crippen molar-refractivity contribution >= 4 is 11.3 Å². The molecule has 0 saturated heterocycles. The number of nitrogens with zero attached hydrogens (tertiary/aromatic N) is 2. The normalized spacial score (nSPS) is 12.9. The fourth-order valence-electron chi connectivity index (χ4n) is 1.97. The molecule has 1 N–H and O–H groups in total. The molecular formula is C10H10N2OS. The molecule has 2 heterocycles. The molecule has 14 heavy (non-hydrogen) atoms. The first kappa shape index (κ1) is 8.20. The molecule has 0 aromatic carbocycles. The third-order valence-corrected chi connectivity index (χ3v) is 3.53. The van der Waals surface area contributed by atoms with Crippen LogP contribution in [0.1, 0.15) is 11.1 Å². The minimum atomic E-state index is 0.148. The van der Waals surface area contributed by atoms with Gasteiger partial charge >= 0.3 is 0 Å². The van der Waals surface area contributed by atoms with Crippen LogP contribution in [-0.2, 0) is 13.0 Å². The summed E-state index contributed by atoms with van der Waals surface area (Å²) in [5.74, 6) is 0. The maximum Gasteiger partial charge on any atom is 0.0821 e. The van der Waals surface area contributed by atoms with Crippen LogP contribution >= 0.6 is 11.3 Å². The van der Waals surface area contributed by atoms with Gasteiger partial charge in [0.2, 0.25) is 0 Å². The first-order valence-corrected chi connectivity index (χ1v) is 5.50. The van der Waals surface area contributed by atoms with E-state index in [1.54, 1.807) is 11.3 Å². The molecule has 0 atom stereocenters. The van der Waals surface area contributed by atoms with Crippen molar-refractivity contribution in [1.82, 2.24) is 9.78 Å². The smallest absolute Gasteiger partial charge is 0.0821 e. The monoisotopic (exact) mass is 206 g/mol. The quantitative estimate of drug-likeness (QED) is 0.690. The largest absolute Gasteiger partial charge is 0.394 e. The van der Waals surface area contributed by atoms with Crippen LogP contribution in [0.2, 0.25) is 0 Å². The van der Waals surface area contributed by atoms with Crippen molar-refractivity contribution in [3.63, 3.8) is 0 Å². The van der Waals surface area contributed by atoms with Crippen molar-refractivity contribution in [3.8, 4) is 10.6 Å². The van der Waals surface area contributed by atoms with Crippen molar-refractivity contribution in [2.45, 2.75) is 13.0 Å². The molecule has 4 heteroatoms. The predicted octanol–water partition coefficient (Wildman–Crippen LogP) is 1.51. The highest BCUT2D eigenvalue weighted by atomic mass is 32.1. The van der Waals surface area contributed by atoms with Crippen LogP contribution in [0.25, 0.3) is 10.6 Å². The summed E-state index contributed by atoms with van der Waals surface area (Å²) in [6.07, 6.45) is 2.91. The summed E-state index contributed by atoms with van der Waals surface area (Å²) in [5.41, 5.74) is 3.90. The number of hydrogen-bond donors (Lipinski definition) is 1. The molecule has 2 aromatic rings. The molecule has 1 aliphatic carbocycles. The molecule has 0 amide bonds. The van der Waals surface area contributed by atoms with E-state index >= 15 is 0 Å². The third kappa shape index (κ3) is 0.980. The van der Waals surface area contributed by atoms with Gasteiger partial charge in [-0.3, -0.25) is 4.68 Å². The molecule has 72 valence electrons. The predicted molar refractivity (Wildman–Crippen MR) is 55.4 cm³/mol. The zero-order valence-electron chi connectivity index (χ0n) is 7.60. The van der Waals surface area contributed by atoms with Gasteiger partial charge in [0, 0.05) is 12.0 Å². The number of thiophene rings is 1. The summed E-state index contributed by atoms with van der Waals surface area (Å²) >= 11 is 1.76. The lowest BCUT2D eigenvalue weighted by atomic mass is 10.2. The summed E-state index contributed by atoms with van der Waals surface area (Å²) < 4.78 is 1.90. The number of hydrogen-bond acceptors (Lipinski definition) is 3. The van der Waals surface area contributed by atoms with E-state index in [2.05, 4.69) is 16.5 Å². The van der Waals surface area contributed by atoms with Crippen LogP contribution in [-0.4, -0.2) is 21.5 Å². The Balaban J connectivity index is 2.15. The standard InChI is InChI=1S/C10H10N2OS/c13-3-2-12-9-8(6-11-12)5-7-1-4-14-10(7)9/h1,4,6,13H,2-3,5H2. The number of aromatic nitrogens is 2. The van der Waals surface area contributed by atoms with E-state index in [-0.39, 0.29) is 6.61 Å². The fourth-order valence-corrected chi connectivity index (χ4v) is 2.98. The second-order valence-electron chi connectivity index (χ2n) is 3.42. The van der Waals surface area contributed by atoms with E-state index in [0.717, 1.165) is 6.42 Å². The number of rotatable bonds is 2. The molecule has 0 fully saturated rings. The lowest BCUT2D eigenvalue weighted by Crippen LogP contribution is -2.04. The minimum Gasteiger partial charge on any atom is -0.394 e. The maximum absolute atomic E-state index is 8.91. The third-order valence-electron chi connectivity index (χ3n) is 2.57. The van der Waals surface area contributed by atoms with Crippen molar-refractivity contribution in [2.24, 2.45) is 0 Å². The second-order valence-corrected chi connectivity index (χ2v) is 4.33. The summed E-state index contributed by atoms with van der Waals surface area (Å²) in [6.45, 7) is 0.738. The molecule has 0 spiro atoms. The second kappa shape index (κ2) is 2.93. The Morgan fingerprint density at radius 2 is 2.43 bits per heavy atom. The van der Waals surface area contributed by atoms with E-state index in [4.69, 9.17) is 5.11 Å². The van der Waals surface area contributed by atoms with Gasteiger partial charge in [-0.25, -0.2) is 0 Å². The van der Waals surface area contributed by atoms with Crippen LogP contribution in [0.15, 0.2) is 17.6 Å². The molecule has 3 rings (SSSR count). The Morgan fingerprint density at radius 1 is 1.50 bits per heavy atom. The van der Waals surface area contributed by atoms with Crippen LogP contribution < -0.4 is 0 Å². The minimum absolute atomic E-state index is 0.148. The van der Waals surface area contributed by atoms with E-state index in [0.29, 0.717) is 6.54 Å². The van der Waals surface area contributed by atoms with Gasteiger partial charge in [-0.2, -0.15) is 5.10 Å². The zero-order chi connectivity index (χ0) is 9.54. The summed E-state index contributed by atoms with van der Waals surface area (Å²) in [5, 5.41) is 15.3. The van der Waals surface area contributed by atoms with Crippen molar-refractivity contribution < 1.29 is 5.11 Å². The average Bonchev–Trinajstić information content (AvgIpc) is 2.77. The highest BCUT2D eigenvalue weighted by Crippen LogP contribution is 2.39. The summed E-state index contributed by atoms with van der Waals surface area (Å²) in [4.78, 5) is 1.32. The topological polar surface area (TPSA) is 38.0 Å². The molecule has 0 aliphatic heterocycles. The molecular weight excluding hydrogens is 196 g/mol. The van der Waals surface area contributed by atoms with Crippen LogP contribution in [0.4, 0.5) is 0 Å². The maximum atomic E-state index is 8.91. The van der Waals surface area contributed by atoms with Crippen molar-refractivity contribution in [3.05, 3.63) is 28.8 Å². The lowest BCUT2D eigenvalue weighted by Gasteiger charge is -2.02. The Labute approximate surface area is 85.6 Å². The van der Waals surface area contributed by atoms with Gasteiger partial charge in [0.1, 0.15) is 0 Å².